The predicted molar refractivity (Wildman–Crippen MR) is 95.7 cm³/mol. The van der Waals surface area contributed by atoms with Crippen LogP contribution in [0, 0.1) is 0 Å². The number of amides is 3. The van der Waals surface area contributed by atoms with Crippen LogP contribution in [-0.4, -0.2) is 24.5 Å². The molecule has 0 fully saturated rings. The maximum absolute atomic E-state index is 12.6. The zero-order valence-corrected chi connectivity index (χ0v) is 14.0. The first kappa shape index (κ1) is 17.5. The lowest BCUT2D eigenvalue weighted by molar-refractivity contribution is -0.117. The number of rotatable bonds is 6. The second kappa shape index (κ2) is 8.72. The molecule has 0 unspecified atom stereocenters. The molecule has 0 heterocycles. The number of para-hydroxylation sites is 1. The molecule has 2 aromatic rings. The molecule has 5 nitrogen and oxygen atoms in total. The molecule has 0 radical (unpaired) electrons. The minimum Gasteiger partial charge on any atom is -0.336 e. The molecule has 0 aliphatic rings. The molecule has 2 N–H and O–H groups in total. The molecular formula is C19H23N3O2. The van der Waals surface area contributed by atoms with Crippen molar-refractivity contribution in [1.29, 1.82) is 0 Å². The van der Waals surface area contributed by atoms with E-state index >= 15 is 0 Å². The van der Waals surface area contributed by atoms with E-state index in [9.17, 15) is 9.59 Å². The normalized spacial score (nSPS) is 10.3. The van der Waals surface area contributed by atoms with Crippen LogP contribution in [0.2, 0.25) is 0 Å². The minimum atomic E-state index is -0.342. The number of carbonyl (C=O) groups is 2. The fourth-order valence-electron chi connectivity index (χ4n) is 2.26. The van der Waals surface area contributed by atoms with Crippen molar-refractivity contribution in [2.75, 3.05) is 11.4 Å². The monoisotopic (exact) mass is 325 g/mol. The highest BCUT2D eigenvalue weighted by Gasteiger charge is 2.17. The maximum atomic E-state index is 12.6. The largest absolute Gasteiger partial charge is 0.336 e. The third kappa shape index (κ3) is 5.43. The van der Waals surface area contributed by atoms with Gasteiger partial charge in [-0.2, -0.15) is 0 Å². The molecule has 0 bridgehead atoms. The van der Waals surface area contributed by atoms with Gasteiger partial charge in [-0.05, 0) is 31.5 Å². The van der Waals surface area contributed by atoms with Crippen LogP contribution in [0.5, 0.6) is 0 Å². The first-order chi connectivity index (χ1) is 11.6. The van der Waals surface area contributed by atoms with E-state index in [4.69, 9.17) is 0 Å². The van der Waals surface area contributed by atoms with Gasteiger partial charge in [0.1, 0.15) is 0 Å². The van der Waals surface area contributed by atoms with Crippen molar-refractivity contribution < 1.29 is 9.59 Å². The molecule has 0 atom stereocenters. The Hall–Kier alpha value is -2.82. The van der Waals surface area contributed by atoms with Crippen LogP contribution in [0.4, 0.5) is 10.5 Å². The smallest absolute Gasteiger partial charge is 0.315 e. The standard InChI is InChI=1S/C19H23N3O2/c1-15(2)21-19(24)20-13-18(23)22(17-11-7-4-8-12-17)14-16-9-5-3-6-10-16/h3-12,15H,13-14H2,1-2H3,(H2,20,21,24). The molecule has 3 amide bonds. The number of hydrogen-bond donors (Lipinski definition) is 2. The highest BCUT2D eigenvalue weighted by atomic mass is 16.2. The maximum Gasteiger partial charge on any atom is 0.315 e. The lowest BCUT2D eigenvalue weighted by Crippen LogP contribution is -2.45. The van der Waals surface area contributed by atoms with Crippen LogP contribution < -0.4 is 15.5 Å². The third-order valence-corrected chi connectivity index (χ3v) is 3.37. The highest BCUT2D eigenvalue weighted by molar-refractivity contribution is 5.96. The van der Waals surface area contributed by atoms with Gasteiger partial charge in [-0.1, -0.05) is 48.5 Å². The van der Waals surface area contributed by atoms with Gasteiger partial charge >= 0.3 is 6.03 Å². The third-order valence-electron chi connectivity index (χ3n) is 3.37. The van der Waals surface area contributed by atoms with Gasteiger partial charge in [0.05, 0.1) is 13.1 Å². The highest BCUT2D eigenvalue weighted by Crippen LogP contribution is 2.16. The van der Waals surface area contributed by atoms with Gasteiger partial charge in [-0.15, -0.1) is 0 Å². The fourth-order valence-corrected chi connectivity index (χ4v) is 2.26. The molecule has 2 rings (SSSR count). The Morgan fingerprint density at radius 1 is 0.958 bits per heavy atom. The Labute approximate surface area is 142 Å². The molecule has 0 saturated heterocycles. The quantitative estimate of drug-likeness (QED) is 0.858. The molecule has 5 heteroatoms. The Bertz CT molecular complexity index is 657. The van der Waals surface area contributed by atoms with E-state index in [0.717, 1.165) is 11.3 Å². The summed E-state index contributed by atoms with van der Waals surface area (Å²) in [5.41, 5.74) is 1.83. The SMILES string of the molecule is CC(C)NC(=O)NCC(=O)N(Cc1ccccc1)c1ccccc1. The molecule has 2 aromatic carbocycles. The molecular weight excluding hydrogens is 302 g/mol. The summed E-state index contributed by atoms with van der Waals surface area (Å²) in [6.07, 6.45) is 0. The summed E-state index contributed by atoms with van der Waals surface area (Å²) in [4.78, 5) is 26.0. The van der Waals surface area contributed by atoms with Crippen LogP contribution >= 0.6 is 0 Å². The van der Waals surface area contributed by atoms with Gasteiger partial charge in [0, 0.05) is 11.7 Å². The van der Waals surface area contributed by atoms with Gasteiger partial charge in [-0.25, -0.2) is 4.79 Å². The molecule has 24 heavy (non-hydrogen) atoms. The summed E-state index contributed by atoms with van der Waals surface area (Å²) in [5, 5.41) is 5.31. The number of urea groups is 1. The molecule has 0 spiro atoms. The average molecular weight is 325 g/mol. The number of anilines is 1. The summed E-state index contributed by atoms with van der Waals surface area (Å²) < 4.78 is 0. The molecule has 0 aromatic heterocycles. The lowest BCUT2D eigenvalue weighted by atomic mass is 10.2. The second-order valence-corrected chi connectivity index (χ2v) is 5.78. The summed E-state index contributed by atoms with van der Waals surface area (Å²) in [6.45, 7) is 4.14. The first-order valence-electron chi connectivity index (χ1n) is 8.00. The van der Waals surface area contributed by atoms with E-state index in [1.807, 2.05) is 74.5 Å². The van der Waals surface area contributed by atoms with Crippen LogP contribution in [0.1, 0.15) is 19.4 Å². The first-order valence-corrected chi connectivity index (χ1v) is 8.00. The number of hydrogen-bond acceptors (Lipinski definition) is 2. The van der Waals surface area contributed by atoms with Crippen molar-refractivity contribution in [3.8, 4) is 0 Å². The Kier molecular flexibility index (Phi) is 6.37. The van der Waals surface area contributed by atoms with Crippen LogP contribution in [-0.2, 0) is 11.3 Å². The van der Waals surface area contributed by atoms with Crippen molar-refractivity contribution in [1.82, 2.24) is 10.6 Å². The number of nitrogens with one attached hydrogen (secondary N) is 2. The summed E-state index contributed by atoms with van der Waals surface area (Å²) in [5.74, 6) is -0.163. The number of nitrogens with zero attached hydrogens (tertiary/aromatic N) is 1. The van der Waals surface area contributed by atoms with E-state index in [1.165, 1.54) is 0 Å². The van der Waals surface area contributed by atoms with Crippen LogP contribution in [0.15, 0.2) is 60.7 Å². The van der Waals surface area contributed by atoms with E-state index in [2.05, 4.69) is 10.6 Å². The van der Waals surface area contributed by atoms with Gasteiger partial charge in [0.15, 0.2) is 0 Å². The topological polar surface area (TPSA) is 61.4 Å². The summed E-state index contributed by atoms with van der Waals surface area (Å²) >= 11 is 0. The molecule has 0 aliphatic carbocycles. The zero-order chi connectivity index (χ0) is 17.4. The molecule has 126 valence electrons. The Morgan fingerprint density at radius 2 is 1.54 bits per heavy atom. The van der Waals surface area contributed by atoms with Gasteiger partial charge < -0.3 is 15.5 Å². The number of carbonyl (C=O) groups excluding carboxylic acids is 2. The molecule has 0 aliphatic heterocycles. The number of benzene rings is 2. The van der Waals surface area contributed by atoms with Crippen molar-refractivity contribution >= 4 is 17.6 Å². The van der Waals surface area contributed by atoms with Gasteiger partial charge in [0.2, 0.25) is 5.91 Å². The minimum absolute atomic E-state index is 0.0228. The van der Waals surface area contributed by atoms with Crippen LogP contribution in [0.3, 0.4) is 0 Å². The van der Waals surface area contributed by atoms with E-state index in [0.29, 0.717) is 6.54 Å². The Balaban J connectivity index is 2.08. The lowest BCUT2D eigenvalue weighted by Gasteiger charge is -2.23. The van der Waals surface area contributed by atoms with Crippen LogP contribution in [0.25, 0.3) is 0 Å². The van der Waals surface area contributed by atoms with Gasteiger partial charge in [0.25, 0.3) is 0 Å². The molecule has 0 saturated carbocycles. The van der Waals surface area contributed by atoms with Crippen molar-refractivity contribution in [2.24, 2.45) is 0 Å². The van der Waals surface area contributed by atoms with E-state index < -0.39 is 0 Å². The van der Waals surface area contributed by atoms with Crippen molar-refractivity contribution in [3.63, 3.8) is 0 Å². The average Bonchev–Trinajstić information content (AvgIpc) is 2.58. The zero-order valence-electron chi connectivity index (χ0n) is 14.0. The van der Waals surface area contributed by atoms with E-state index in [-0.39, 0.29) is 24.5 Å². The summed E-state index contributed by atoms with van der Waals surface area (Å²) in [7, 11) is 0. The Morgan fingerprint density at radius 3 is 2.12 bits per heavy atom. The summed E-state index contributed by atoms with van der Waals surface area (Å²) in [6, 6.07) is 18.9. The second-order valence-electron chi connectivity index (χ2n) is 5.78. The van der Waals surface area contributed by atoms with E-state index in [1.54, 1.807) is 4.90 Å². The predicted octanol–water partition coefficient (Wildman–Crippen LogP) is 2.93. The fraction of sp³-hybridized carbons (Fsp3) is 0.263. The van der Waals surface area contributed by atoms with Crippen molar-refractivity contribution in [3.05, 3.63) is 66.2 Å². The van der Waals surface area contributed by atoms with Gasteiger partial charge in [-0.3, -0.25) is 4.79 Å². The van der Waals surface area contributed by atoms with Crippen molar-refractivity contribution in [2.45, 2.75) is 26.4 Å².